The average Bonchev–Trinajstić information content (AvgIpc) is 3.15. The molecule has 1 aromatic carbocycles. The van der Waals surface area contributed by atoms with Gasteiger partial charge in [0.2, 0.25) is 11.8 Å². The molecule has 0 radical (unpaired) electrons. The molecule has 4 rings (SSSR count). The Balaban J connectivity index is 0.00000306. The normalized spacial score (nSPS) is 13.4. The van der Waals surface area contributed by atoms with Gasteiger partial charge >= 0.3 is 0 Å². The average molecular weight is 445 g/mol. The van der Waals surface area contributed by atoms with Crippen molar-refractivity contribution in [3.05, 3.63) is 53.7 Å². The standard InChI is InChI=1S/C23H24N8O.CH4/c1-16(18-7-5-6-17(12-18)14-24)27-20(25)15-30-10-3-4-11-31-22(28-29-23(30)31)19-8-9-26-21(13-19)32-2;/h5-9,12-13,25H,3-4,10-11,15H2,1-2H3;1H4. The minimum atomic E-state index is 0. The molecule has 0 fully saturated rings. The fourth-order valence-corrected chi connectivity index (χ4v) is 3.73. The van der Waals surface area contributed by atoms with Gasteiger partial charge in [0.1, 0.15) is 5.84 Å². The van der Waals surface area contributed by atoms with Crippen LogP contribution in [-0.2, 0) is 6.54 Å². The molecule has 170 valence electrons. The first kappa shape index (κ1) is 23.6. The summed E-state index contributed by atoms with van der Waals surface area (Å²) in [6.45, 7) is 3.76. The van der Waals surface area contributed by atoms with Crippen LogP contribution in [0.3, 0.4) is 0 Å². The summed E-state index contributed by atoms with van der Waals surface area (Å²) in [4.78, 5) is 10.7. The summed E-state index contributed by atoms with van der Waals surface area (Å²) in [7, 11) is 1.59. The minimum absolute atomic E-state index is 0. The van der Waals surface area contributed by atoms with E-state index >= 15 is 0 Å². The van der Waals surface area contributed by atoms with Crippen LogP contribution in [0.2, 0.25) is 0 Å². The van der Waals surface area contributed by atoms with Gasteiger partial charge in [-0.25, -0.2) is 9.98 Å². The highest BCUT2D eigenvalue weighted by Gasteiger charge is 2.23. The number of rotatable bonds is 5. The maximum Gasteiger partial charge on any atom is 0.227 e. The van der Waals surface area contributed by atoms with E-state index in [1.54, 1.807) is 25.4 Å². The van der Waals surface area contributed by atoms with Crippen LogP contribution in [-0.4, -0.2) is 51.5 Å². The van der Waals surface area contributed by atoms with Crippen molar-refractivity contribution < 1.29 is 4.74 Å². The summed E-state index contributed by atoms with van der Waals surface area (Å²) in [5, 5.41) is 26.4. The predicted octanol–water partition coefficient (Wildman–Crippen LogP) is 3.94. The Hall–Kier alpha value is -4.06. The van der Waals surface area contributed by atoms with Crippen molar-refractivity contribution >= 4 is 17.5 Å². The molecule has 0 atom stereocenters. The van der Waals surface area contributed by atoms with E-state index in [0.29, 0.717) is 23.7 Å². The summed E-state index contributed by atoms with van der Waals surface area (Å²) < 4.78 is 7.33. The lowest BCUT2D eigenvalue weighted by Gasteiger charge is -2.20. The number of hydrogen-bond donors (Lipinski definition) is 1. The first-order chi connectivity index (χ1) is 15.6. The highest BCUT2D eigenvalue weighted by atomic mass is 16.5. The summed E-state index contributed by atoms with van der Waals surface area (Å²) in [6.07, 6.45) is 3.68. The Bertz CT molecular complexity index is 1210. The number of anilines is 1. The lowest BCUT2D eigenvalue weighted by Crippen LogP contribution is -2.31. The molecule has 9 heteroatoms. The van der Waals surface area contributed by atoms with Crippen molar-refractivity contribution in [1.82, 2.24) is 19.7 Å². The molecule has 0 amide bonds. The van der Waals surface area contributed by atoms with Crippen molar-refractivity contribution in [2.24, 2.45) is 4.99 Å². The summed E-state index contributed by atoms with van der Waals surface area (Å²) in [5.74, 6) is 2.25. The monoisotopic (exact) mass is 444 g/mol. The van der Waals surface area contributed by atoms with Crippen LogP contribution in [0.15, 0.2) is 47.6 Å². The Morgan fingerprint density at radius 3 is 2.82 bits per heavy atom. The van der Waals surface area contributed by atoms with Crippen molar-refractivity contribution in [2.75, 3.05) is 25.1 Å². The number of nitriles is 1. The Kier molecular flexibility index (Phi) is 7.51. The second-order valence-electron chi connectivity index (χ2n) is 7.53. The highest BCUT2D eigenvalue weighted by molar-refractivity contribution is 6.06. The Morgan fingerprint density at radius 2 is 2.03 bits per heavy atom. The smallest absolute Gasteiger partial charge is 0.227 e. The van der Waals surface area contributed by atoms with Crippen LogP contribution in [0, 0.1) is 16.7 Å². The molecule has 1 N–H and O–H groups in total. The maximum absolute atomic E-state index is 9.11. The summed E-state index contributed by atoms with van der Waals surface area (Å²) in [5.41, 5.74) is 3.00. The minimum Gasteiger partial charge on any atom is -0.481 e. The van der Waals surface area contributed by atoms with Crippen LogP contribution in [0.5, 0.6) is 5.88 Å². The van der Waals surface area contributed by atoms with Crippen LogP contribution in [0.25, 0.3) is 11.4 Å². The number of aliphatic imine (C=N–C) groups is 1. The SMILES string of the molecule is C.COc1cc(-c2nnc3n2CCCCN3CC(=N)N=C(C)c2cccc(C#N)c2)ccn1. The van der Waals surface area contributed by atoms with Gasteiger partial charge in [-0.3, -0.25) is 9.98 Å². The molecular weight excluding hydrogens is 416 g/mol. The number of benzene rings is 1. The van der Waals surface area contributed by atoms with E-state index in [0.717, 1.165) is 48.8 Å². The van der Waals surface area contributed by atoms with Gasteiger partial charge in [-0.2, -0.15) is 5.26 Å². The van der Waals surface area contributed by atoms with Gasteiger partial charge in [0.15, 0.2) is 5.82 Å². The highest BCUT2D eigenvalue weighted by Crippen LogP contribution is 2.27. The number of amidine groups is 1. The number of fused-ring (bicyclic) bond motifs is 1. The van der Waals surface area contributed by atoms with Crippen molar-refractivity contribution in [3.63, 3.8) is 0 Å². The fourth-order valence-electron chi connectivity index (χ4n) is 3.73. The lowest BCUT2D eigenvalue weighted by atomic mass is 10.1. The number of pyridine rings is 1. The van der Waals surface area contributed by atoms with Gasteiger partial charge in [0, 0.05) is 36.6 Å². The predicted molar refractivity (Wildman–Crippen MR) is 129 cm³/mol. The molecule has 0 saturated heterocycles. The van der Waals surface area contributed by atoms with Crippen LogP contribution in [0.4, 0.5) is 5.95 Å². The molecule has 0 saturated carbocycles. The molecule has 0 unspecified atom stereocenters. The van der Waals surface area contributed by atoms with Gasteiger partial charge in [-0.05, 0) is 43.5 Å². The van der Waals surface area contributed by atoms with Crippen molar-refractivity contribution in [3.8, 4) is 23.3 Å². The number of ether oxygens (including phenoxy) is 1. The van der Waals surface area contributed by atoms with E-state index in [-0.39, 0.29) is 13.3 Å². The molecular formula is C24H28N8O. The van der Waals surface area contributed by atoms with Crippen LogP contribution < -0.4 is 9.64 Å². The van der Waals surface area contributed by atoms with Gasteiger partial charge < -0.3 is 9.64 Å². The molecule has 9 nitrogen and oxygen atoms in total. The lowest BCUT2D eigenvalue weighted by molar-refractivity contribution is 0.398. The van der Waals surface area contributed by atoms with Crippen molar-refractivity contribution in [1.29, 1.82) is 10.7 Å². The van der Waals surface area contributed by atoms with Gasteiger partial charge in [0.25, 0.3) is 0 Å². The topological polar surface area (TPSA) is 116 Å². The first-order valence-electron chi connectivity index (χ1n) is 10.4. The molecule has 0 spiro atoms. The maximum atomic E-state index is 9.11. The second kappa shape index (κ2) is 10.5. The first-order valence-corrected chi connectivity index (χ1v) is 10.4. The zero-order valence-electron chi connectivity index (χ0n) is 18.1. The van der Waals surface area contributed by atoms with Crippen molar-refractivity contribution in [2.45, 2.75) is 33.7 Å². The number of hydrogen-bond acceptors (Lipinski definition) is 7. The van der Waals surface area contributed by atoms with E-state index in [1.807, 2.05) is 36.1 Å². The quantitative estimate of drug-likeness (QED) is 0.471. The molecule has 1 aliphatic rings. The van der Waals surface area contributed by atoms with Crippen LogP contribution in [0.1, 0.15) is 38.3 Å². The van der Waals surface area contributed by atoms with E-state index in [9.17, 15) is 0 Å². The number of nitrogens with zero attached hydrogens (tertiary/aromatic N) is 7. The molecule has 0 bridgehead atoms. The molecule has 2 aromatic heterocycles. The third-order valence-electron chi connectivity index (χ3n) is 5.33. The van der Waals surface area contributed by atoms with Gasteiger partial charge in [-0.15, -0.1) is 10.2 Å². The van der Waals surface area contributed by atoms with E-state index in [1.165, 1.54) is 0 Å². The number of nitrogens with one attached hydrogen (secondary N) is 1. The summed E-state index contributed by atoms with van der Waals surface area (Å²) >= 11 is 0. The fraction of sp³-hybridized carbons (Fsp3) is 0.333. The third-order valence-corrected chi connectivity index (χ3v) is 5.33. The molecule has 33 heavy (non-hydrogen) atoms. The molecule has 0 aliphatic carbocycles. The number of methoxy groups -OCH3 is 1. The molecule has 3 aromatic rings. The van der Waals surface area contributed by atoms with Crippen LogP contribution >= 0.6 is 0 Å². The number of aromatic nitrogens is 4. The second-order valence-corrected chi connectivity index (χ2v) is 7.53. The van der Waals surface area contributed by atoms with E-state index in [2.05, 4.69) is 30.8 Å². The zero-order valence-corrected chi connectivity index (χ0v) is 18.1. The molecule has 3 heterocycles. The van der Waals surface area contributed by atoms with Gasteiger partial charge in [0.05, 0.1) is 25.3 Å². The Morgan fingerprint density at radius 1 is 1.21 bits per heavy atom. The Labute approximate surface area is 193 Å². The van der Waals surface area contributed by atoms with E-state index in [4.69, 9.17) is 15.4 Å². The summed E-state index contributed by atoms with van der Waals surface area (Å²) in [6, 6.07) is 13.1. The largest absolute Gasteiger partial charge is 0.481 e. The van der Waals surface area contributed by atoms with Gasteiger partial charge in [-0.1, -0.05) is 19.6 Å². The van der Waals surface area contributed by atoms with E-state index < -0.39 is 0 Å². The zero-order chi connectivity index (χ0) is 22.5. The molecule has 1 aliphatic heterocycles. The third kappa shape index (κ3) is 5.23.